The predicted molar refractivity (Wildman–Crippen MR) is 175 cm³/mol. The maximum absolute atomic E-state index is 12.7. The summed E-state index contributed by atoms with van der Waals surface area (Å²) in [6.07, 6.45) is 0. The monoisotopic (exact) mass is 674 g/mol. The molecule has 0 unspecified atom stereocenters. The summed E-state index contributed by atoms with van der Waals surface area (Å²) < 4.78 is 66.5. The van der Waals surface area contributed by atoms with Crippen LogP contribution in [0, 0.1) is 13.8 Å². The fourth-order valence-corrected chi connectivity index (χ4v) is 5.76. The van der Waals surface area contributed by atoms with Crippen molar-refractivity contribution in [1.82, 2.24) is 0 Å². The second-order valence-electron chi connectivity index (χ2n) is 10.4. The molecule has 5 aromatic carbocycles. The van der Waals surface area contributed by atoms with E-state index >= 15 is 0 Å². The summed E-state index contributed by atoms with van der Waals surface area (Å²) in [6.45, 7) is 3.30. The molecule has 14 nitrogen and oxygen atoms in total. The standard InChI is InChI=1S/C31H26N6O8S2/c1-17-12-23(34-35-27-11-8-24(13-18(27)2)46(40,41)42)7-10-26(17)36-37-29-28(47(43,44)45)16-20-15-22(6-9-25(20)30(29)38)33-31(39)19-4-3-5-21(32)14-19/h3-16,38H,32H2,1-2H3,(H,33,39)(H,40,41,42)(H,43,44,45). The van der Waals surface area contributed by atoms with Crippen LogP contribution in [0.25, 0.3) is 10.8 Å². The Morgan fingerprint density at radius 1 is 0.745 bits per heavy atom. The van der Waals surface area contributed by atoms with Crippen LogP contribution >= 0.6 is 0 Å². The molecular weight excluding hydrogens is 649 g/mol. The number of nitrogens with one attached hydrogen (secondary N) is 1. The maximum atomic E-state index is 12.7. The highest BCUT2D eigenvalue weighted by Crippen LogP contribution is 2.42. The molecule has 5 rings (SSSR count). The number of fused-ring (bicyclic) bond motifs is 1. The summed E-state index contributed by atoms with van der Waals surface area (Å²) in [4.78, 5) is 11.7. The topological polar surface area (TPSA) is 234 Å². The van der Waals surface area contributed by atoms with Gasteiger partial charge in [0.05, 0.1) is 22.0 Å². The van der Waals surface area contributed by atoms with E-state index in [9.17, 15) is 35.8 Å². The molecule has 0 fully saturated rings. The lowest BCUT2D eigenvalue weighted by Crippen LogP contribution is -2.12. The number of phenolic OH excluding ortho intramolecular Hbond substituents is 1. The molecule has 0 saturated carbocycles. The molecule has 0 aliphatic heterocycles. The first-order valence-corrected chi connectivity index (χ1v) is 16.4. The van der Waals surface area contributed by atoms with Gasteiger partial charge in [-0.05, 0) is 109 Å². The molecule has 0 spiro atoms. The van der Waals surface area contributed by atoms with Gasteiger partial charge in [0.15, 0.2) is 5.75 Å². The number of carbonyl (C=O) groups is 1. The van der Waals surface area contributed by atoms with E-state index in [-0.39, 0.29) is 27.0 Å². The van der Waals surface area contributed by atoms with Crippen LogP contribution in [-0.4, -0.2) is 37.0 Å². The Labute approximate surface area is 268 Å². The fourth-order valence-electron chi connectivity index (χ4n) is 4.54. The number of aromatic hydroxyl groups is 1. The minimum atomic E-state index is -4.89. The number of hydrogen-bond donors (Lipinski definition) is 5. The van der Waals surface area contributed by atoms with Crippen molar-refractivity contribution in [3.63, 3.8) is 0 Å². The Morgan fingerprint density at radius 3 is 2.06 bits per heavy atom. The van der Waals surface area contributed by atoms with E-state index < -0.39 is 42.5 Å². The van der Waals surface area contributed by atoms with E-state index in [4.69, 9.17) is 5.73 Å². The van der Waals surface area contributed by atoms with Gasteiger partial charge in [0.25, 0.3) is 26.1 Å². The molecule has 0 aromatic heterocycles. The number of nitrogens with two attached hydrogens (primary N) is 1. The average molecular weight is 675 g/mol. The second kappa shape index (κ2) is 12.7. The van der Waals surface area contributed by atoms with E-state index in [0.29, 0.717) is 33.8 Å². The molecule has 0 radical (unpaired) electrons. The number of phenols is 1. The van der Waals surface area contributed by atoms with E-state index in [1.165, 1.54) is 48.5 Å². The minimum absolute atomic E-state index is 0.181. The SMILES string of the molecule is Cc1cc(S(=O)(=O)O)ccc1N=Nc1ccc(N=Nc2c(S(=O)(=O)O)cc3cc(NC(=O)c4cccc(N)c4)ccc3c2O)c(C)c1. The summed E-state index contributed by atoms with van der Waals surface area (Å²) in [5.41, 5.74) is 8.33. The first kappa shape index (κ1) is 32.8. The van der Waals surface area contributed by atoms with Crippen molar-refractivity contribution in [2.75, 3.05) is 11.1 Å². The van der Waals surface area contributed by atoms with Gasteiger partial charge < -0.3 is 16.2 Å². The first-order valence-electron chi connectivity index (χ1n) is 13.6. The van der Waals surface area contributed by atoms with Crippen molar-refractivity contribution in [2.45, 2.75) is 23.6 Å². The molecular formula is C31H26N6O8S2. The molecule has 240 valence electrons. The van der Waals surface area contributed by atoms with E-state index in [2.05, 4.69) is 25.8 Å². The Bertz CT molecular complexity index is 2360. The Balaban J connectivity index is 1.43. The molecule has 0 saturated heterocycles. The lowest BCUT2D eigenvalue weighted by molar-refractivity contribution is 0.102. The predicted octanol–water partition coefficient (Wildman–Crippen LogP) is 7.32. The molecule has 16 heteroatoms. The normalized spacial score (nSPS) is 12.3. The molecule has 0 aliphatic carbocycles. The van der Waals surface area contributed by atoms with Crippen molar-refractivity contribution in [3.05, 3.63) is 102 Å². The average Bonchev–Trinajstić information content (AvgIpc) is 2.99. The number of carbonyl (C=O) groups excluding carboxylic acids is 1. The summed E-state index contributed by atoms with van der Waals surface area (Å²) in [6, 6.07) is 20.4. The van der Waals surface area contributed by atoms with Gasteiger partial charge in [0.1, 0.15) is 10.6 Å². The van der Waals surface area contributed by atoms with Crippen LogP contribution in [0.4, 0.5) is 34.1 Å². The third kappa shape index (κ3) is 7.47. The summed E-state index contributed by atoms with van der Waals surface area (Å²) in [7, 11) is -9.25. The quantitative estimate of drug-likeness (QED) is 0.0629. The number of benzene rings is 5. The van der Waals surface area contributed by atoms with Gasteiger partial charge in [-0.25, -0.2) is 0 Å². The van der Waals surface area contributed by atoms with E-state index in [1.807, 2.05) is 0 Å². The lowest BCUT2D eigenvalue weighted by Gasteiger charge is -2.11. The van der Waals surface area contributed by atoms with Crippen LogP contribution in [0.2, 0.25) is 0 Å². The number of azo groups is 2. The summed E-state index contributed by atoms with van der Waals surface area (Å²) >= 11 is 0. The number of nitrogen functional groups attached to an aromatic ring is 1. The van der Waals surface area contributed by atoms with Gasteiger partial charge in [-0.1, -0.05) is 6.07 Å². The van der Waals surface area contributed by atoms with Crippen LogP contribution in [0.5, 0.6) is 5.75 Å². The van der Waals surface area contributed by atoms with Crippen LogP contribution in [-0.2, 0) is 20.2 Å². The van der Waals surface area contributed by atoms with Gasteiger partial charge in [-0.2, -0.15) is 32.2 Å². The van der Waals surface area contributed by atoms with Crippen LogP contribution in [0.3, 0.4) is 0 Å². The lowest BCUT2D eigenvalue weighted by atomic mass is 10.1. The van der Waals surface area contributed by atoms with Gasteiger partial charge in [0, 0.05) is 22.3 Å². The van der Waals surface area contributed by atoms with Crippen molar-refractivity contribution in [3.8, 4) is 5.75 Å². The van der Waals surface area contributed by atoms with E-state index in [1.54, 1.807) is 44.2 Å². The zero-order valence-corrected chi connectivity index (χ0v) is 26.3. The Hall–Kier alpha value is -5.55. The fraction of sp³-hybridized carbons (Fsp3) is 0.0645. The third-order valence-corrected chi connectivity index (χ3v) is 8.63. The van der Waals surface area contributed by atoms with Crippen molar-refractivity contribution in [2.24, 2.45) is 20.5 Å². The maximum Gasteiger partial charge on any atom is 0.296 e. The van der Waals surface area contributed by atoms with Crippen molar-refractivity contribution >= 4 is 71.0 Å². The highest BCUT2D eigenvalue weighted by Gasteiger charge is 2.22. The highest BCUT2D eigenvalue weighted by molar-refractivity contribution is 7.86. The van der Waals surface area contributed by atoms with Crippen molar-refractivity contribution in [1.29, 1.82) is 0 Å². The summed E-state index contributed by atoms with van der Waals surface area (Å²) in [5.74, 6) is -1.03. The zero-order valence-electron chi connectivity index (χ0n) is 24.6. The smallest absolute Gasteiger partial charge is 0.296 e. The molecule has 5 aromatic rings. The van der Waals surface area contributed by atoms with Crippen molar-refractivity contribution < 1.29 is 35.8 Å². The summed E-state index contributed by atoms with van der Waals surface area (Å²) in [5, 5.41) is 30.4. The van der Waals surface area contributed by atoms with Crippen LogP contribution in [0.15, 0.2) is 115 Å². The van der Waals surface area contributed by atoms with Gasteiger partial charge in [-0.3, -0.25) is 13.9 Å². The molecule has 1 amide bonds. The van der Waals surface area contributed by atoms with Gasteiger partial charge >= 0.3 is 0 Å². The van der Waals surface area contributed by atoms with Crippen LogP contribution in [0.1, 0.15) is 21.5 Å². The Morgan fingerprint density at radius 2 is 1.43 bits per heavy atom. The molecule has 0 atom stereocenters. The molecule has 0 aliphatic rings. The number of amides is 1. The third-order valence-electron chi connectivity index (χ3n) is 6.91. The number of nitrogens with zero attached hydrogens (tertiary/aromatic N) is 4. The Kier molecular flexibility index (Phi) is 8.86. The number of hydrogen-bond acceptors (Lipinski definition) is 11. The van der Waals surface area contributed by atoms with Gasteiger partial charge in [-0.15, -0.1) is 5.11 Å². The molecule has 0 bridgehead atoms. The minimum Gasteiger partial charge on any atom is -0.505 e. The number of rotatable bonds is 8. The molecule has 0 heterocycles. The van der Waals surface area contributed by atoms with Gasteiger partial charge in [0.2, 0.25) is 0 Å². The number of anilines is 2. The van der Waals surface area contributed by atoms with Crippen LogP contribution < -0.4 is 11.1 Å². The number of aryl methyl sites for hydroxylation is 2. The second-order valence-corrected chi connectivity index (χ2v) is 13.2. The largest absolute Gasteiger partial charge is 0.505 e. The highest BCUT2D eigenvalue weighted by atomic mass is 32.2. The molecule has 47 heavy (non-hydrogen) atoms. The van der Waals surface area contributed by atoms with E-state index in [0.717, 1.165) is 6.07 Å². The zero-order chi connectivity index (χ0) is 34.1. The first-order chi connectivity index (χ1) is 22.1. The molecule has 6 N–H and O–H groups in total.